The second kappa shape index (κ2) is 7.54. The summed E-state index contributed by atoms with van der Waals surface area (Å²) in [5.74, 6) is 3.41. The normalized spacial score (nSPS) is 39.4. The molecule has 1 aromatic heterocycles. The van der Waals surface area contributed by atoms with Crippen LogP contribution in [0.1, 0.15) is 70.3 Å². The molecule has 4 aliphatic carbocycles. The number of rotatable bonds is 5. The highest BCUT2D eigenvalue weighted by Gasteiger charge is 2.65. The first kappa shape index (κ1) is 20.5. The zero-order valence-electron chi connectivity index (χ0n) is 19.6. The molecular formula is C27H37N5O. The molecule has 6 fully saturated rings. The fourth-order valence-electron chi connectivity index (χ4n) is 9.17. The molecule has 6 bridgehead atoms. The lowest BCUT2D eigenvalue weighted by molar-refractivity contribution is -0.221. The Balaban J connectivity index is 1.25. The van der Waals surface area contributed by atoms with Gasteiger partial charge in [0.15, 0.2) is 5.82 Å². The smallest absolute Gasteiger partial charge is 0.294 e. The highest BCUT2D eigenvalue weighted by Crippen LogP contribution is 2.67. The number of fused-ring (bicyclic) bond motifs is 4. The fourth-order valence-corrected chi connectivity index (χ4v) is 9.17. The molecule has 0 amide bonds. The molecule has 6 aliphatic rings. The van der Waals surface area contributed by atoms with E-state index in [0.29, 0.717) is 36.5 Å². The molecule has 7 atom stereocenters. The zero-order chi connectivity index (χ0) is 22.2. The summed E-state index contributed by atoms with van der Waals surface area (Å²) in [5.41, 5.74) is 8.12. The summed E-state index contributed by atoms with van der Waals surface area (Å²) < 4.78 is 2.10. The van der Waals surface area contributed by atoms with Crippen LogP contribution in [0, 0.1) is 17.8 Å². The van der Waals surface area contributed by atoms with Gasteiger partial charge in [0.2, 0.25) is 0 Å². The van der Waals surface area contributed by atoms with E-state index in [1.807, 2.05) is 18.2 Å². The van der Waals surface area contributed by atoms with E-state index in [4.69, 9.17) is 5.73 Å². The average Bonchev–Trinajstić information content (AvgIpc) is 2.82. The lowest BCUT2D eigenvalue weighted by Gasteiger charge is -2.73. The van der Waals surface area contributed by atoms with Crippen LogP contribution < -0.4 is 16.6 Å². The van der Waals surface area contributed by atoms with Crippen LogP contribution in [0.3, 0.4) is 0 Å². The zero-order valence-corrected chi connectivity index (χ0v) is 19.6. The Kier molecular flexibility index (Phi) is 4.67. The predicted octanol–water partition coefficient (Wildman–Crippen LogP) is 3.90. The lowest BCUT2D eigenvalue weighted by Crippen LogP contribution is -2.75. The molecule has 2 saturated heterocycles. The molecule has 8 rings (SSSR count). The standard InChI is InChI=1S/C27H37N5O/c28-10-11-29-25-26(33)31(24-7-2-1-6-23(24)30-25)21-13-19-4-3-5-20(14-21)32(19)27-15-17-8-9-22(27)18(12-17)16-27/h1-2,6-7,17-22H,3-5,8-16,28H2,(H,29,30)/t17-,18+,19-,20+,21+,22?,27-/m0/s1. The molecule has 176 valence electrons. The topological polar surface area (TPSA) is 76.2 Å². The molecule has 4 saturated carbocycles. The van der Waals surface area contributed by atoms with E-state index >= 15 is 0 Å². The largest absolute Gasteiger partial charge is 0.364 e. The minimum atomic E-state index is 0.0252. The quantitative estimate of drug-likeness (QED) is 0.727. The number of nitrogens with one attached hydrogen (secondary N) is 1. The summed E-state index contributed by atoms with van der Waals surface area (Å²) in [6, 6.07) is 9.66. The molecule has 3 heterocycles. The van der Waals surface area contributed by atoms with Crippen molar-refractivity contribution in [1.29, 1.82) is 0 Å². The van der Waals surface area contributed by atoms with Gasteiger partial charge in [-0.05, 0) is 81.3 Å². The van der Waals surface area contributed by atoms with E-state index in [0.717, 1.165) is 41.6 Å². The Morgan fingerprint density at radius 1 is 1.03 bits per heavy atom. The van der Waals surface area contributed by atoms with Gasteiger partial charge in [0.1, 0.15) is 0 Å². The van der Waals surface area contributed by atoms with Crippen molar-refractivity contribution < 1.29 is 0 Å². The fraction of sp³-hybridized carbons (Fsp3) is 0.704. The number of hydrogen-bond donors (Lipinski definition) is 2. The summed E-state index contributed by atoms with van der Waals surface area (Å²) in [6.07, 6.45) is 13.5. The third-order valence-corrected chi connectivity index (χ3v) is 10.1. The first-order chi connectivity index (χ1) is 16.2. The molecule has 1 unspecified atom stereocenters. The van der Waals surface area contributed by atoms with Crippen LogP contribution in [-0.2, 0) is 0 Å². The van der Waals surface area contributed by atoms with Gasteiger partial charge in [0.25, 0.3) is 5.56 Å². The van der Waals surface area contributed by atoms with E-state index in [2.05, 4.69) is 25.8 Å². The Morgan fingerprint density at radius 3 is 2.58 bits per heavy atom. The van der Waals surface area contributed by atoms with Crippen molar-refractivity contribution >= 4 is 16.9 Å². The first-order valence-corrected chi connectivity index (χ1v) is 13.4. The number of anilines is 1. The van der Waals surface area contributed by atoms with Gasteiger partial charge in [0.05, 0.1) is 11.0 Å². The maximum atomic E-state index is 13.6. The maximum Gasteiger partial charge on any atom is 0.294 e. The van der Waals surface area contributed by atoms with E-state index in [1.54, 1.807) is 0 Å². The second-order valence-electron chi connectivity index (χ2n) is 11.7. The summed E-state index contributed by atoms with van der Waals surface area (Å²) in [7, 11) is 0. The summed E-state index contributed by atoms with van der Waals surface area (Å²) in [5, 5.41) is 3.20. The molecule has 0 radical (unpaired) electrons. The van der Waals surface area contributed by atoms with Gasteiger partial charge in [-0.25, -0.2) is 4.98 Å². The number of nitrogens with zero attached hydrogens (tertiary/aromatic N) is 3. The van der Waals surface area contributed by atoms with Gasteiger partial charge in [-0.1, -0.05) is 25.0 Å². The van der Waals surface area contributed by atoms with E-state index in [-0.39, 0.29) is 11.6 Å². The van der Waals surface area contributed by atoms with Crippen molar-refractivity contribution in [3.8, 4) is 0 Å². The highest BCUT2D eigenvalue weighted by atomic mass is 16.1. The van der Waals surface area contributed by atoms with Crippen molar-refractivity contribution in [1.82, 2.24) is 14.5 Å². The predicted molar refractivity (Wildman–Crippen MR) is 131 cm³/mol. The third kappa shape index (κ3) is 2.92. The summed E-state index contributed by atoms with van der Waals surface area (Å²) in [4.78, 5) is 21.4. The third-order valence-electron chi connectivity index (χ3n) is 10.1. The molecule has 6 heteroatoms. The van der Waals surface area contributed by atoms with E-state index < -0.39 is 0 Å². The molecule has 2 aliphatic heterocycles. The van der Waals surface area contributed by atoms with Gasteiger partial charge in [-0.2, -0.15) is 0 Å². The second-order valence-corrected chi connectivity index (χ2v) is 11.7. The Morgan fingerprint density at radius 2 is 1.85 bits per heavy atom. The van der Waals surface area contributed by atoms with Crippen LogP contribution in [-0.4, -0.2) is 45.2 Å². The Bertz CT molecular complexity index is 1120. The van der Waals surface area contributed by atoms with Crippen LogP contribution in [0.15, 0.2) is 29.1 Å². The number of aromatic nitrogens is 2. The molecule has 1 aromatic carbocycles. The SMILES string of the molecule is NCCNc1nc2ccccc2n([C@H]2C[C@H]3CCC[C@@H](C2)N3[C@]23C[C@H]4CCC2[C@H](C4)C3)c1=O. The van der Waals surface area contributed by atoms with Gasteiger partial charge >= 0.3 is 0 Å². The van der Waals surface area contributed by atoms with Crippen LogP contribution in [0.4, 0.5) is 5.82 Å². The van der Waals surface area contributed by atoms with Gasteiger partial charge in [-0.3, -0.25) is 9.69 Å². The maximum absolute atomic E-state index is 13.6. The molecule has 6 nitrogen and oxygen atoms in total. The molecular weight excluding hydrogens is 410 g/mol. The highest BCUT2D eigenvalue weighted by molar-refractivity contribution is 5.76. The van der Waals surface area contributed by atoms with Crippen molar-refractivity contribution in [2.45, 2.75) is 87.9 Å². The Labute approximate surface area is 195 Å². The molecule has 33 heavy (non-hydrogen) atoms. The molecule has 3 N–H and O–H groups in total. The number of piperidine rings is 2. The number of benzene rings is 1. The number of hydrogen-bond acceptors (Lipinski definition) is 5. The minimum absolute atomic E-state index is 0.0252. The monoisotopic (exact) mass is 447 g/mol. The van der Waals surface area contributed by atoms with Crippen LogP contribution in [0.5, 0.6) is 0 Å². The molecule has 2 aromatic rings. The number of para-hydroxylation sites is 2. The summed E-state index contributed by atoms with van der Waals surface area (Å²) in [6.45, 7) is 1.05. The lowest BCUT2D eigenvalue weighted by atomic mass is 9.42. The Hall–Kier alpha value is -1.92. The van der Waals surface area contributed by atoms with E-state index in [9.17, 15) is 4.79 Å². The van der Waals surface area contributed by atoms with E-state index in [1.165, 1.54) is 51.4 Å². The van der Waals surface area contributed by atoms with Gasteiger partial charge in [-0.15, -0.1) is 0 Å². The first-order valence-electron chi connectivity index (χ1n) is 13.4. The van der Waals surface area contributed by atoms with Crippen LogP contribution >= 0.6 is 0 Å². The minimum Gasteiger partial charge on any atom is -0.364 e. The number of nitrogens with two attached hydrogens (primary N) is 1. The van der Waals surface area contributed by atoms with Crippen molar-refractivity contribution in [3.05, 3.63) is 34.6 Å². The molecule has 0 spiro atoms. The van der Waals surface area contributed by atoms with Crippen molar-refractivity contribution in [2.75, 3.05) is 18.4 Å². The van der Waals surface area contributed by atoms with Crippen LogP contribution in [0.2, 0.25) is 0 Å². The average molecular weight is 448 g/mol. The van der Waals surface area contributed by atoms with Gasteiger partial charge < -0.3 is 15.6 Å². The summed E-state index contributed by atoms with van der Waals surface area (Å²) >= 11 is 0. The van der Waals surface area contributed by atoms with Crippen molar-refractivity contribution in [3.63, 3.8) is 0 Å². The van der Waals surface area contributed by atoms with Gasteiger partial charge in [0, 0.05) is 36.8 Å². The van der Waals surface area contributed by atoms with Crippen LogP contribution in [0.25, 0.3) is 11.0 Å². The van der Waals surface area contributed by atoms with Crippen molar-refractivity contribution in [2.24, 2.45) is 23.5 Å².